The van der Waals surface area contributed by atoms with Crippen LogP contribution in [0.5, 0.6) is 0 Å². The molecule has 1 aromatic carbocycles. The fraction of sp³-hybridized carbons (Fsp3) is 0.250. The second kappa shape index (κ2) is 7.14. The van der Waals surface area contributed by atoms with Gasteiger partial charge in [0.05, 0.1) is 5.75 Å². The monoisotopic (exact) mass is 359 g/mol. The van der Waals surface area contributed by atoms with Crippen LogP contribution in [-0.4, -0.2) is 31.4 Å². The van der Waals surface area contributed by atoms with Gasteiger partial charge in [0, 0.05) is 16.8 Å². The number of nitrogens with zero attached hydrogens (tertiary/aromatic N) is 4. The van der Waals surface area contributed by atoms with Crippen molar-refractivity contribution in [2.24, 2.45) is 0 Å². The number of nitrogens with one attached hydrogen (secondary N) is 1. The van der Waals surface area contributed by atoms with E-state index in [9.17, 15) is 4.79 Å². The Labute approximate surface area is 148 Å². The third-order valence-corrected chi connectivity index (χ3v) is 5.26. The van der Waals surface area contributed by atoms with Crippen LogP contribution in [0.1, 0.15) is 16.0 Å². The van der Waals surface area contributed by atoms with Crippen LogP contribution in [0.25, 0.3) is 5.69 Å². The zero-order valence-corrected chi connectivity index (χ0v) is 15.2. The zero-order chi connectivity index (χ0) is 17.1. The molecule has 0 radical (unpaired) electrons. The number of hydrogen-bond donors (Lipinski definition) is 1. The van der Waals surface area contributed by atoms with Crippen LogP contribution in [0.3, 0.4) is 0 Å². The molecular formula is C16H17N5OS2. The molecule has 1 N–H and O–H groups in total. The number of carbonyl (C=O) groups excluding carboxylic acids is 1. The minimum atomic E-state index is -0.107. The van der Waals surface area contributed by atoms with E-state index in [0.717, 1.165) is 10.6 Å². The second-order valence-corrected chi connectivity index (χ2v) is 7.54. The highest BCUT2D eigenvalue weighted by molar-refractivity contribution is 7.99. The lowest BCUT2D eigenvalue weighted by Crippen LogP contribution is -2.14. The van der Waals surface area contributed by atoms with Crippen LogP contribution in [-0.2, 0) is 4.79 Å². The highest BCUT2D eigenvalue weighted by Gasteiger charge is 2.12. The van der Waals surface area contributed by atoms with E-state index < -0.39 is 0 Å². The van der Waals surface area contributed by atoms with Gasteiger partial charge < -0.3 is 5.32 Å². The molecule has 8 heteroatoms. The van der Waals surface area contributed by atoms with Gasteiger partial charge in [-0.2, -0.15) is 0 Å². The van der Waals surface area contributed by atoms with Gasteiger partial charge in [0.1, 0.15) is 6.33 Å². The number of thioether (sulfide) groups is 1. The number of aromatic nitrogens is 4. The highest BCUT2D eigenvalue weighted by Crippen LogP contribution is 2.22. The standard InChI is InChI=1S/C16H17N5OS2/c1-10-4-5-13(6-11(10)2)21-9-18-20-16(21)23-8-14(22)19-15-17-7-12(3)24-15/h4-7,9H,8H2,1-3H3,(H,17,19,22). The maximum Gasteiger partial charge on any atom is 0.236 e. The lowest BCUT2D eigenvalue weighted by Gasteiger charge is -2.08. The Morgan fingerprint density at radius 3 is 2.83 bits per heavy atom. The fourth-order valence-corrected chi connectivity index (χ4v) is 3.48. The quantitative estimate of drug-likeness (QED) is 0.707. The van der Waals surface area contributed by atoms with Crippen LogP contribution >= 0.6 is 23.1 Å². The van der Waals surface area contributed by atoms with E-state index in [0.29, 0.717) is 10.3 Å². The summed E-state index contributed by atoms with van der Waals surface area (Å²) in [4.78, 5) is 17.2. The number of aryl methyl sites for hydroxylation is 3. The van der Waals surface area contributed by atoms with E-state index >= 15 is 0 Å². The predicted octanol–water partition coefficient (Wildman–Crippen LogP) is 3.38. The molecule has 0 aliphatic rings. The maximum absolute atomic E-state index is 12.0. The molecule has 0 unspecified atom stereocenters. The van der Waals surface area contributed by atoms with Gasteiger partial charge in [-0.25, -0.2) is 4.98 Å². The fourth-order valence-electron chi connectivity index (χ4n) is 2.07. The molecule has 3 aromatic rings. The number of carbonyl (C=O) groups is 1. The van der Waals surface area contributed by atoms with Gasteiger partial charge >= 0.3 is 0 Å². The Morgan fingerprint density at radius 1 is 1.29 bits per heavy atom. The van der Waals surface area contributed by atoms with Crippen LogP contribution in [0.15, 0.2) is 35.9 Å². The molecule has 6 nitrogen and oxygen atoms in total. The molecule has 0 aliphatic heterocycles. The summed E-state index contributed by atoms with van der Waals surface area (Å²) in [5, 5.41) is 12.2. The van der Waals surface area contributed by atoms with Crippen molar-refractivity contribution in [1.82, 2.24) is 19.7 Å². The van der Waals surface area contributed by atoms with Crippen LogP contribution < -0.4 is 5.32 Å². The molecule has 0 spiro atoms. The third-order valence-electron chi connectivity index (χ3n) is 3.49. The van der Waals surface area contributed by atoms with Crippen molar-refractivity contribution in [2.75, 3.05) is 11.1 Å². The normalized spacial score (nSPS) is 10.8. The van der Waals surface area contributed by atoms with Gasteiger partial charge in [0.2, 0.25) is 5.91 Å². The Kier molecular flexibility index (Phi) is 4.96. The third kappa shape index (κ3) is 3.82. The van der Waals surface area contributed by atoms with Crippen LogP contribution in [0.4, 0.5) is 5.13 Å². The minimum Gasteiger partial charge on any atom is -0.301 e. The summed E-state index contributed by atoms with van der Waals surface area (Å²) in [6.07, 6.45) is 3.40. The summed E-state index contributed by atoms with van der Waals surface area (Å²) in [6.45, 7) is 6.10. The molecule has 124 valence electrons. The smallest absolute Gasteiger partial charge is 0.236 e. The topological polar surface area (TPSA) is 72.7 Å². The summed E-state index contributed by atoms with van der Waals surface area (Å²) in [5.41, 5.74) is 3.43. The number of thiazole rings is 1. The first-order valence-electron chi connectivity index (χ1n) is 7.35. The Hall–Kier alpha value is -2.19. The molecule has 0 bridgehead atoms. The van der Waals surface area contributed by atoms with Crippen molar-refractivity contribution in [3.63, 3.8) is 0 Å². The molecule has 3 rings (SSSR count). The Bertz CT molecular complexity index is 871. The lowest BCUT2D eigenvalue weighted by molar-refractivity contribution is -0.113. The molecule has 1 amide bonds. The van der Waals surface area contributed by atoms with Crippen molar-refractivity contribution < 1.29 is 4.79 Å². The summed E-state index contributed by atoms with van der Waals surface area (Å²) in [5.74, 6) is 0.145. The van der Waals surface area contributed by atoms with Crippen molar-refractivity contribution in [3.8, 4) is 5.69 Å². The van der Waals surface area contributed by atoms with Gasteiger partial charge in [-0.05, 0) is 44.0 Å². The Morgan fingerprint density at radius 2 is 2.12 bits per heavy atom. The van der Waals surface area contributed by atoms with Crippen molar-refractivity contribution in [1.29, 1.82) is 0 Å². The van der Waals surface area contributed by atoms with Crippen molar-refractivity contribution >= 4 is 34.1 Å². The Balaban J connectivity index is 1.67. The summed E-state index contributed by atoms with van der Waals surface area (Å²) in [6, 6.07) is 6.17. The summed E-state index contributed by atoms with van der Waals surface area (Å²) in [7, 11) is 0. The predicted molar refractivity (Wildman–Crippen MR) is 97.0 cm³/mol. The molecule has 0 saturated heterocycles. The van der Waals surface area contributed by atoms with Crippen LogP contribution in [0, 0.1) is 20.8 Å². The average Bonchev–Trinajstić information content (AvgIpc) is 3.17. The van der Waals surface area contributed by atoms with E-state index in [1.165, 1.54) is 34.2 Å². The van der Waals surface area contributed by atoms with Gasteiger partial charge in [-0.1, -0.05) is 17.8 Å². The summed E-state index contributed by atoms with van der Waals surface area (Å²) >= 11 is 2.80. The molecule has 0 aliphatic carbocycles. The van der Waals surface area contributed by atoms with Gasteiger partial charge in [0.25, 0.3) is 0 Å². The van der Waals surface area contributed by atoms with Crippen molar-refractivity contribution in [2.45, 2.75) is 25.9 Å². The van der Waals surface area contributed by atoms with Crippen LogP contribution in [0.2, 0.25) is 0 Å². The molecule has 0 atom stereocenters. The van der Waals surface area contributed by atoms with E-state index in [1.54, 1.807) is 12.5 Å². The van der Waals surface area contributed by atoms with Gasteiger partial charge in [-0.3, -0.25) is 9.36 Å². The van der Waals surface area contributed by atoms with E-state index in [1.807, 2.05) is 17.6 Å². The maximum atomic E-state index is 12.0. The molecule has 0 saturated carbocycles. The first-order valence-corrected chi connectivity index (χ1v) is 9.16. The lowest BCUT2D eigenvalue weighted by atomic mass is 10.1. The number of amides is 1. The SMILES string of the molecule is Cc1cnc(NC(=O)CSc2nncn2-c2ccc(C)c(C)c2)s1. The first kappa shape index (κ1) is 16.7. The number of hydrogen-bond acceptors (Lipinski definition) is 6. The summed E-state index contributed by atoms with van der Waals surface area (Å²) < 4.78 is 1.89. The first-order chi connectivity index (χ1) is 11.5. The average molecular weight is 359 g/mol. The van der Waals surface area contributed by atoms with E-state index in [4.69, 9.17) is 0 Å². The molecular weight excluding hydrogens is 342 g/mol. The minimum absolute atomic E-state index is 0.107. The number of benzene rings is 1. The van der Waals surface area contributed by atoms with Gasteiger partial charge in [-0.15, -0.1) is 21.5 Å². The number of anilines is 1. The largest absolute Gasteiger partial charge is 0.301 e. The molecule has 24 heavy (non-hydrogen) atoms. The second-order valence-electron chi connectivity index (χ2n) is 5.36. The van der Waals surface area contributed by atoms with E-state index in [2.05, 4.69) is 46.5 Å². The molecule has 2 aromatic heterocycles. The van der Waals surface area contributed by atoms with Gasteiger partial charge in [0.15, 0.2) is 10.3 Å². The highest BCUT2D eigenvalue weighted by atomic mass is 32.2. The zero-order valence-electron chi connectivity index (χ0n) is 13.6. The van der Waals surface area contributed by atoms with Crippen molar-refractivity contribution in [3.05, 3.63) is 46.7 Å². The number of rotatable bonds is 5. The molecule has 2 heterocycles. The molecule has 0 fully saturated rings. The van der Waals surface area contributed by atoms with E-state index in [-0.39, 0.29) is 11.7 Å².